The predicted molar refractivity (Wildman–Crippen MR) is 146 cm³/mol. The Bertz CT molecular complexity index is 188. The van der Waals surface area contributed by atoms with E-state index in [4.69, 9.17) is 0 Å². The first-order valence-corrected chi connectivity index (χ1v) is 9.35. The zero-order chi connectivity index (χ0) is 15.9. The molecule has 0 bridgehead atoms. The molecule has 0 saturated carbocycles. The summed E-state index contributed by atoms with van der Waals surface area (Å²) in [5.74, 6) is 0. The Balaban J connectivity index is 5.28. The summed E-state index contributed by atoms with van der Waals surface area (Å²) in [7, 11) is 27.3. The fraction of sp³-hybridized carbons (Fsp3) is 0. The van der Waals surface area contributed by atoms with Crippen molar-refractivity contribution in [3.05, 3.63) is 0 Å². The minimum atomic E-state index is 0.852. The maximum absolute atomic E-state index is 2.56. The summed E-state index contributed by atoms with van der Waals surface area (Å²) >= 11 is 0. The van der Waals surface area contributed by atoms with Crippen LogP contribution in [0.5, 0.6) is 0 Å². The fourth-order valence-corrected chi connectivity index (χ4v) is 4.54. The lowest BCUT2D eigenvalue weighted by molar-refractivity contribution is 3.37. The lowest BCUT2D eigenvalue weighted by atomic mass is 8.43. The van der Waals surface area contributed by atoms with Crippen molar-refractivity contribution in [2.75, 3.05) is 0 Å². The second-order valence-electron chi connectivity index (χ2n) is 7.56. The first-order chi connectivity index (χ1) is 9.35. The number of hydrogen-bond acceptors (Lipinski definition) is 0. The number of hydrogen-bond donors (Lipinski definition) is 0. The first kappa shape index (κ1) is 21.3. The molecule has 0 amide bonds. The van der Waals surface area contributed by atoms with Gasteiger partial charge in [-0.3, -0.25) is 0 Å². The molecule has 0 spiro atoms. The highest BCUT2D eigenvalue weighted by atomic mass is 13.2. The summed E-state index contributed by atoms with van der Waals surface area (Å²) in [5, 5.41) is 0. The standard InChI is InChI=1S/B20H22/c1-10-14(5)19(15(6)11-2)18(9)20(16(7)12-3)17(8)13-4/h10-13H,1-9H2. The normalized spacial score (nSPS) is 8.80. The smallest absolute Gasteiger partial charge is 0.00319 e. The van der Waals surface area contributed by atoms with E-state index >= 15 is 0 Å². The molecule has 0 aliphatic rings. The maximum Gasteiger partial charge on any atom is 0.0594 e. The van der Waals surface area contributed by atoms with E-state index in [2.05, 4.69) is 69.6 Å². The van der Waals surface area contributed by atoms with E-state index in [9.17, 15) is 0 Å². The summed E-state index contributed by atoms with van der Waals surface area (Å²) in [5.41, 5.74) is 0. The zero-order valence-electron chi connectivity index (χ0n) is 15.9. The van der Waals surface area contributed by atoms with Gasteiger partial charge in [-0.1, -0.05) is 0 Å². The molecule has 0 unspecified atom stereocenters. The molecule has 0 aliphatic carbocycles. The molecule has 82 valence electrons. The van der Waals surface area contributed by atoms with Gasteiger partial charge in [-0.2, -0.15) is 0 Å². The number of rotatable bonds is 10. The second kappa shape index (κ2) is 10.9. The molecule has 0 saturated heterocycles. The molecule has 0 radical (unpaired) electrons. The topological polar surface area (TPSA) is 0 Å². The molecule has 0 aromatic carbocycles. The summed E-state index contributed by atoms with van der Waals surface area (Å²) < 4.78 is 0. The Morgan fingerprint density at radius 2 is 0.650 bits per heavy atom. The summed E-state index contributed by atoms with van der Waals surface area (Å²) in [4.78, 5) is 0. The highest BCUT2D eigenvalue weighted by Crippen LogP contribution is 2.02. The van der Waals surface area contributed by atoms with E-state index in [1.165, 1.54) is 28.2 Å². The molecule has 20 heavy (non-hydrogen) atoms. The van der Waals surface area contributed by atoms with Crippen LogP contribution < -0.4 is 0 Å². The van der Waals surface area contributed by atoms with Gasteiger partial charge in [-0.05, 0) is 0 Å². The van der Waals surface area contributed by atoms with Crippen molar-refractivity contribution in [1.29, 1.82) is 0 Å². The van der Waals surface area contributed by atoms with E-state index in [-0.39, 0.29) is 0 Å². The van der Waals surface area contributed by atoms with Gasteiger partial charge in [0.15, 0.2) is 0 Å². The average Bonchev–Trinajstić information content (AvgIpc) is 2.46. The minimum absolute atomic E-state index is 0.852. The lowest BCUT2D eigenvalue weighted by Crippen LogP contribution is -2.77. The maximum atomic E-state index is 2.56. The molecule has 0 N–H and O–H groups in total. The SMILES string of the molecule is BBB(B)B(B(B)BB)B(B)B(B(B)BB)B(B)BB. The van der Waals surface area contributed by atoms with Gasteiger partial charge in [-0.15, -0.1) is 0 Å². The minimum Gasteiger partial charge on any atom is 0.00319 e. The van der Waals surface area contributed by atoms with Gasteiger partial charge < -0.3 is 0 Å². The van der Waals surface area contributed by atoms with E-state index in [0.29, 0.717) is 0 Å². The van der Waals surface area contributed by atoms with Crippen molar-refractivity contribution in [1.82, 2.24) is 0 Å². The van der Waals surface area contributed by atoms with Gasteiger partial charge in [0.2, 0.25) is 0 Å². The molecule has 0 aromatic rings. The molecule has 0 rings (SSSR count). The molecular weight excluding hydrogens is 216 g/mol. The Labute approximate surface area is 142 Å². The van der Waals surface area contributed by atoms with Crippen molar-refractivity contribution >= 4 is 143 Å². The Morgan fingerprint density at radius 3 is 0.800 bits per heavy atom. The van der Waals surface area contributed by atoms with Crippen LogP contribution in [0.3, 0.4) is 0 Å². The molecule has 0 fully saturated rings. The highest BCUT2D eigenvalue weighted by Gasteiger charge is 2.41. The zero-order valence-corrected chi connectivity index (χ0v) is 15.9. The first-order valence-electron chi connectivity index (χ1n) is 9.35. The quantitative estimate of drug-likeness (QED) is 0.332. The van der Waals surface area contributed by atoms with E-state index < -0.39 is 0 Å². The fourth-order valence-electron chi connectivity index (χ4n) is 4.54. The van der Waals surface area contributed by atoms with Crippen molar-refractivity contribution < 1.29 is 0 Å². The van der Waals surface area contributed by atoms with Crippen LogP contribution in [-0.2, 0) is 0 Å². The summed E-state index contributed by atoms with van der Waals surface area (Å²) in [6.45, 7) is 0. The van der Waals surface area contributed by atoms with Crippen LogP contribution in [0.1, 0.15) is 0 Å². The third-order valence-corrected chi connectivity index (χ3v) is 6.42. The second-order valence-corrected chi connectivity index (χ2v) is 7.56. The van der Waals surface area contributed by atoms with Gasteiger partial charge >= 0.3 is 0 Å². The van der Waals surface area contributed by atoms with E-state index in [0.717, 1.165) is 44.7 Å². The summed E-state index contributed by atoms with van der Waals surface area (Å²) in [6, 6.07) is 0. The van der Waals surface area contributed by atoms with Crippen LogP contribution in [0.15, 0.2) is 0 Å². The van der Waals surface area contributed by atoms with E-state index in [1.807, 2.05) is 0 Å². The van der Waals surface area contributed by atoms with Gasteiger partial charge in [0, 0.05) is 72.9 Å². The molecule has 20 heteroatoms. The predicted octanol–water partition coefficient (Wildman–Crippen LogP) is -13.5. The van der Waals surface area contributed by atoms with Gasteiger partial charge in [-0.25, -0.2) is 0 Å². The summed E-state index contributed by atoms with van der Waals surface area (Å²) in [6.07, 6.45) is 6.05. The molecule has 0 atom stereocenters. The molecule has 0 aliphatic heterocycles. The van der Waals surface area contributed by atoms with Crippen LogP contribution in [0.25, 0.3) is 0 Å². The third-order valence-electron chi connectivity index (χ3n) is 6.42. The highest BCUT2D eigenvalue weighted by molar-refractivity contribution is 8.15. The Hall–Kier alpha value is 1.30. The van der Waals surface area contributed by atoms with Crippen molar-refractivity contribution in [3.8, 4) is 0 Å². The lowest BCUT2D eigenvalue weighted by Gasteiger charge is -2.37. The van der Waals surface area contributed by atoms with Crippen molar-refractivity contribution in [3.63, 3.8) is 0 Å². The monoisotopic (exact) mass is 242 g/mol. The molecule has 0 heterocycles. The van der Waals surface area contributed by atoms with Crippen LogP contribution in [0, 0.1) is 0 Å². The molecule has 0 aromatic heterocycles. The van der Waals surface area contributed by atoms with Crippen LogP contribution in [-0.4, -0.2) is 143 Å². The largest absolute Gasteiger partial charge is 0.0594 e. The van der Waals surface area contributed by atoms with Crippen molar-refractivity contribution in [2.24, 2.45) is 0 Å². The van der Waals surface area contributed by atoms with Crippen LogP contribution >= 0.6 is 0 Å². The van der Waals surface area contributed by atoms with Gasteiger partial charge in [0.05, 0.1) is 69.6 Å². The average molecular weight is 238 g/mol. The van der Waals surface area contributed by atoms with Crippen LogP contribution in [0.4, 0.5) is 0 Å². The van der Waals surface area contributed by atoms with Crippen LogP contribution in [0.2, 0.25) is 0 Å². The van der Waals surface area contributed by atoms with Gasteiger partial charge in [0.1, 0.15) is 0 Å². The molecular formula is H22B20. The van der Waals surface area contributed by atoms with Crippen molar-refractivity contribution in [2.45, 2.75) is 0 Å². The van der Waals surface area contributed by atoms with Gasteiger partial charge in [0.25, 0.3) is 0 Å². The van der Waals surface area contributed by atoms with E-state index in [1.54, 1.807) is 0 Å². The third kappa shape index (κ3) is 5.83. The Kier molecular flexibility index (Phi) is 11.6. The molecule has 0 nitrogen and oxygen atoms in total. The Morgan fingerprint density at radius 1 is 0.450 bits per heavy atom.